The van der Waals surface area contributed by atoms with Gasteiger partial charge in [-0.3, -0.25) is 0 Å². The predicted octanol–water partition coefficient (Wildman–Crippen LogP) is 3.67. The molecule has 0 aliphatic carbocycles. The second-order valence-corrected chi connectivity index (χ2v) is 5.25. The largest absolute Gasteiger partial charge is 0.493 e. The van der Waals surface area contributed by atoms with Crippen LogP contribution in [0.15, 0.2) is 18.2 Å². The van der Waals surface area contributed by atoms with Gasteiger partial charge < -0.3 is 14.2 Å². The normalized spacial score (nSPS) is 16.1. The highest BCUT2D eigenvalue weighted by Gasteiger charge is 2.23. The third-order valence-corrected chi connectivity index (χ3v) is 2.70. The molecule has 2 rings (SSSR count). The Morgan fingerprint density at radius 3 is 2.50 bits per heavy atom. The van der Waals surface area contributed by atoms with Gasteiger partial charge in [-0.05, 0) is 39.8 Å². The highest BCUT2D eigenvalue weighted by Crippen LogP contribution is 2.39. The lowest BCUT2D eigenvalue weighted by molar-refractivity contribution is 0.157. The van der Waals surface area contributed by atoms with Gasteiger partial charge in [-0.25, -0.2) is 0 Å². The summed E-state index contributed by atoms with van der Waals surface area (Å²) in [7, 11) is 1.64. The van der Waals surface area contributed by atoms with Crippen LogP contribution in [0.2, 0.25) is 0 Å². The summed E-state index contributed by atoms with van der Waals surface area (Å²) in [4.78, 5) is 0. The van der Waals surface area contributed by atoms with E-state index in [-0.39, 0.29) is 11.7 Å². The molecule has 1 aliphatic rings. The molecule has 1 aromatic carbocycles. The van der Waals surface area contributed by atoms with Crippen LogP contribution in [0.3, 0.4) is 0 Å². The maximum atomic E-state index is 5.90. The summed E-state index contributed by atoms with van der Waals surface area (Å²) in [5, 5.41) is 0. The van der Waals surface area contributed by atoms with Crippen molar-refractivity contribution in [1.29, 1.82) is 0 Å². The Balaban J connectivity index is 2.42. The summed E-state index contributed by atoms with van der Waals surface area (Å²) in [5.74, 6) is 2.28. The van der Waals surface area contributed by atoms with Crippen molar-refractivity contribution in [2.45, 2.75) is 39.4 Å². The molecule has 3 nitrogen and oxygen atoms in total. The zero-order valence-electron chi connectivity index (χ0n) is 11.6. The minimum Gasteiger partial charge on any atom is -0.493 e. The lowest BCUT2D eigenvalue weighted by atomic mass is 10.0. The fourth-order valence-corrected chi connectivity index (χ4v) is 1.89. The molecule has 0 spiro atoms. The zero-order chi connectivity index (χ0) is 13.3. The Morgan fingerprint density at radius 2 is 1.89 bits per heavy atom. The standard InChI is InChI=1S/C15H20O3/c1-10(2)17-14-8-11-6-7-15(3,4)18-12(11)9-13(14)16-5/h6-10H,1-5H3. The summed E-state index contributed by atoms with van der Waals surface area (Å²) in [5.41, 5.74) is 0.740. The molecule has 98 valence electrons. The van der Waals surface area contributed by atoms with E-state index in [1.807, 2.05) is 45.9 Å². The van der Waals surface area contributed by atoms with Crippen LogP contribution in [0.5, 0.6) is 17.2 Å². The van der Waals surface area contributed by atoms with Gasteiger partial charge in [0.1, 0.15) is 11.4 Å². The van der Waals surface area contributed by atoms with Gasteiger partial charge in [0.25, 0.3) is 0 Å². The molecular formula is C15H20O3. The van der Waals surface area contributed by atoms with Crippen molar-refractivity contribution in [1.82, 2.24) is 0 Å². The Kier molecular flexibility index (Phi) is 3.24. The van der Waals surface area contributed by atoms with Crippen molar-refractivity contribution in [3.8, 4) is 17.2 Å². The van der Waals surface area contributed by atoms with Crippen molar-refractivity contribution in [2.24, 2.45) is 0 Å². The van der Waals surface area contributed by atoms with Gasteiger partial charge >= 0.3 is 0 Å². The third-order valence-electron chi connectivity index (χ3n) is 2.70. The van der Waals surface area contributed by atoms with Crippen molar-refractivity contribution in [3.63, 3.8) is 0 Å². The average Bonchev–Trinajstić information content (AvgIpc) is 2.27. The summed E-state index contributed by atoms with van der Waals surface area (Å²) < 4.78 is 17.0. The summed E-state index contributed by atoms with van der Waals surface area (Å²) >= 11 is 0. The molecule has 3 heteroatoms. The number of rotatable bonds is 3. The highest BCUT2D eigenvalue weighted by atomic mass is 16.5. The second kappa shape index (κ2) is 4.56. The van der Waals surface area contributed by atoms with E-state index in [4.69, 9.17) is 14.2 Å². The number of methoxy groups -OCH3 is 1. The molecule has 1 heterocycles. The molecule has 0 radical (unpaired) electrons. The molecule has 0 amide bonds. The van der Waals surface area contributed by atoms with Crippen LogP contribution in [0, 0.1) is 0 Å². The van der Waals surface area contributed by atoms with Gasteiger partial charge in [0, 0.05) is 11.6 Å². The monoisotopic (exact) mass is 248 g/mol. The molecule has 0 N–H and O–H groups in total. The lowest BCUT2D eigenvalue weighted by Crippen LogP contribution is -2.27. The third kappa shape index (κ3) is 2.61. The van der Waals surface area contributed by atoms with E-state index in [0.717, 1.165) is 17.1 Å². The molecular weight excluding hydrogens is 228 g/mol. The topological polar surface area (TPSA) is 27.7 Å². The molecule has 1 aliphatic heterocycles. The maximum Gasteiger partial charge on any atom is 0.164 e. The first kappa shape index (κ1) is 12.8. The van der Waals surface area contributed by atoms with Crippen molar-refractivity contribution >= 4 is 6.08 Å². The molecule has 0 unspecified atom stereocenters. The first-order chi connectivity index (χ1) is 8.41. The number of hydrogen-bond donors (Lipinski definition) is 0. The van der Waals surface area contributed by atoms with E-state index in [1.165, 1.54) is 0 Å². The number of fused-ring (bicyclic) bond motifs is 1. The van der Waals surface area contributed by atoms with Gasteiger partial charge in [-0.2, -0.15) is 0 Å². The minimum absolute atomic E-state index is 0.113. The van der Waals surface area contributed by atoms with E-state index >= 15 is 0 Å². The molecule has 0 aromatic heterocycles. The van der Waals surface area contributed by atoms with Crippen molar-refractivity contribution in [3.05, 3.63) is 23.8 Å². The lowest BCUT2D eigenvalue weighted by Gasteiger charge is -2.28. The Bertz CT molecular complexity index is 473. The smallest absolute Gasteiger partial charge is 0.164 e. The summed E-state index contributed by atoms with van der Waals surface area (Å²) in [6, 6.07) is 3.85. The van der Waals surface area contributed by atoms with Crippen LogP contribution in [0.4, 0.5) is 0 Å². The molecule has 0 bridgehead atoms. The minimum atomic E-state index is -0.279. The molecule has 1 aromatic rings. The molecule has 18 heavy (non-hydrogen) atoms. The Hall–Kier alpha value is -1.64. The molecule has 0 atom stereocenters. The predicted molar refractivity (Wildman–Crippen MR) is 72.5 cm³/mol. The van der Waals surface area contributed by atoms with Gasteiger partial charge in [0.05, 0.1) is 13.2 Å². The van der Waals surface area contributed by atoms with Crippen molar-refractivity contribution in [2.75, 3.05) is 7.11 Å². The first-order valence-corrected chi connectivity index (χ1v) is 6.18. The van der Waals surface area contributed by atoms with Gasteiger partial charge in [0.15, 0.2) is 11.5 Å². The van der Waals surface area contributed by atoms with Crippen molar-refractivity contribution < 1.29 is 14.2 Å². The SMILES string of the molecule is COc1cc2c(cc1OC(C)C)C=CC(C)(C)O2. The number of ether oxygens (including phenoxy) is 3. The number of hydrogen-bond acceptors (Lipinski definition) is 3. The van der Waals surface area contributed by atoms with E-state index in [1.54, 1.807) is 7.11 Å². The Labute approximate surface area is 108 Å². The van der Waals surface area contributed by atoms with Gasteiger partial charge in [-0.15, -0.1) is 0 Å². The maximum absolute atomic E-state index is 5.90. The Morgan fingerprint density at radius 1 is 1.17 bits per heavy atom. The van der Waals surface area contributed by atoms with Crippen LogP contribution in [0.25, 0.3) is 6.08 Å². The van der Waals surface area contributed by atoms with Crippen LogP contribution >= 0.6 is 0 Å². The first-order valence-electron chi connectivity index (χ1n) is 6.18. The van der Waals surface area contributed by atoms with Crippen LogP contribution in [-0.4, -0.2) is 18.8 Å². The van der Waals surface area contributed by atoms with Gasteiger partial charge in [-0.1, -0.05) is 6.08 Å². The van der Waals surface area contributed by atoms with Gasteiger partial charge in [0.2, 0.25) is 0 Å². The van der Waals surface area contributed by atoms with E-state index in [2.05, 4.69) is 6.08 Å². The fraction of sp³-hybridized carbons (Fsp3) is 0.467. The van der Waals surface area contributed by atoms with Crippen LogP contribution < -0.4 is 14.2 Å². The summed E-state index contributed by atoms with van der Waals surface area (Å²) in [6.45, 7) is 8.04. The highest BCUT2D eigenvalue weighted by molar-refractivity contribution is 5.66. The summed E-state index contributed by atoms with van der Waals surface area (Å²) in [6.07, 6.45) is 4.22. The van der Waals surface area contributed by atoms with Crippen LogP contribution in [0.1, 0.15) is 33.3 Å². The zero-order valence-corrected chi connectivity index (χ0v) is 11.6. The van der Waals surface area contributed by atoms with E-state index in [9.17, 15) is 0 Å². The average molecular weight is 248 g/mol. The second-order valence-electron chi connectivity index (χ2n) is 5.25. The van der Waals surface area contributed by atoms with E-state index in [0.29, 0.717) is 5.75 Å². The van der Waals surface area contributed by atoms with Crippen LogP contribution in [-0.2, 0) is 0 Å². The quantitative estimate of drug-likeness (QED) is 0.817. The number of benzene rings is 1. The molecule has 0 fully saturated rings. The fourth-order valence-electron chi connectivity index (χ4n) is 1.89. The molecule has 0 saturated carbocycles. The molecule has 0 saturated heterocycles. The van der Waals surface area contributed by atoms with E-state index < -0.39 is 0 Å².